The van der Waals surface area contributed by atoms with Gasteiger partial charge < -0.3 is 4.42 Å². The summed E-state index contributed by atoms with van der Waals surface area (Å²) in [6.07, 6.45) is 0. The molecule has 1 amide bonds. The molecule has 0 aliphatic heterocycles. The molecule has 1 heterocycles. The molecule has 0 aliphatic rings. The van der Waals surface area contributed by atoms with Gasteiger partial charge in [-0.25, -0.2) is 13.8 Å². The number of carbonyl (C=O) groups is 1. The molecule has 0 radical (unpaired) electrons. The number of nitrogens with zero attached hydrogens (tertiary/aromatic N) is 1. The van der Waals surface area contributed by atoms with Crippen LogP contribution in [0, 0.1) is 13.8 Å². The molecule has 1 aromatic heterocycles. The second kappa shape index (κ2) is 8.45. The number of rotatable bonds is 6. The van der Waals surface area contributed by atoms with E-state index in [-0.39, 0.29) is 22.2 Å². The molecule has 0 unspecified atom stereocenters. The lowest BCUT2D eigenvalue weighted by Gasteiger charge is -2.05. The van der Waals surface area contributed by atoms with E-state index in [9.17, 15) is 13.2 Å². The number of furan rings is 1. The van der Waals surface area contributed by atoms with Gasteiger partial charge in [-0.05, 0) is 67.8 Å². The summed E-state index contributed by atoms with van der Waals surface area (Å²) in [4.78, 5) is 12.5. The maximum absolute atomic E-state index is 12.4. The van der Waals surface area contributed by atoms with Gasteiger partial charge in [-0.15, -0.1) is 0 Å². The number of aryl methyl sites for hydroxylation is 2. The SMILES string of the molecule is C/C(=N/NC(=O)c1ccc(CS(=O)(=O)c2ccccc2)o1)c1ccc(C)c(C)c1. The van der Waals surface area contributed by atoms with Crippen LogP contribution >= 0.6 is 0 Å². The molecule has 150 valence electrons. The van der Waals surface area contributed by atoms with Gasteiger partial charge in [-0.1, -0.05) is 30.3 Å². The fourth-order valence-corrected chi connectivity index (χ4v) is 3.96. The van der Waals surface area contributed by atoms with E-state index in [2.05, 4.69) is 10.5 Å². The van der Waals surface area contributed by atoms with Crippen molar-refractivity contribution in [3.8, 4) is 0 Å². The van der Waals surface area contributed by atoms with Crippen LogP contribution in [0.15, 0.2) is 75.1 Å². The molecule has 1 N–H and O–H groups in total. The maximum Gasteiger partial charge on any atom is 0.307 e. The van der Waals surface area contributed by atoms with E-state index in [0.29, 0.717) is 5.71 Å². The van der Waals surface area contributed by atoms with E-state index >= 15 is 0 Å². The van der Waals surface area contributed by atoms with E-state index in [1.165, 1.54) is 29.8 Å². The Bertz CT molecular complexity index is 1160. The molecule has 0 atom stereocenters. The fourth-order valence-electron chi connectivity index (χ4n) is 2.70. The highest BCUT2D eigenvalue weighted by molar-refractivity contribution is 7.90. The first-order valence-electron chi connectivity index (χ1n) is 9.05. The first kappa shape index (κ1) is 20.5. The number of nitrogens with one attached hydrogen (secondary N) is 1. The summed E-state index contributed by atoms with van der Waals surface area (Å²) in [7, 11) is -3.55. The van der Waals surface area contributed by atoms with Crippen molar-refractivity contribution in [3.05, 3.63) is 88.9 Å². The number of hydrogen-bond acceptors (Lipinski definition) is 5. The van der Waals surface area contributed by atoms with Crippen molar-refractivity contribution in [2.24, 2.45) is 5.10 Å². The Morgan fingerprint density at radius 2 is 1.72 bits per heavy atom. The fraction of sp³-hybridized carbons (Fsp3) is 0.182. The van der Waals surface area contributed by atoms with Crippen LogP contribution in [-0.4, -0.2) is 20.0 Å². The first-order valence-corrected chi connectivity index (χ1v) is 10.7. The summed E-state index contributed by atoms with van der Waals surface area (Å²) in [5, 5.41) is 4.11. The summed E-state index contributed by atoms with van der Waals surface area (Å²) in [6, 6.07) is 17.0. The topological polar surface area (TPSA) is 88.7 Å². The third-order valence-electron chi connectivity index (χ3n) is 4.57. The van der Waals surface area contributed by atoms with Crippen molar-refractivity contribution < 1.29 is 17.6 Å². The molecule has 6 nitrogen and oxygen atoms in total. The highest BCUT2D eigenvalue weighted by Gasteiger charge is 2.19. The number of benzene rings is 2. The smallest absolute Gasteiger partial charge is 0.307 e. The van der Waals surface area contributed by atoms with E-state index in [0.717, 1.165) is 11.1 Å². The van der Waals surface area contributed by atoms with Gasteiger partial charge in [-0.2, -0.15) is 5.10 Å². The van der Waals surface area contributed by atoms with E-state index in [1.807, 2.05) is 32.0 Å². The van der Waals surface area contributed by atoms with Gasteiger partial charge in [0.05, 0.1) is 10.6 Å². The van der Waals surface area contributed by atoms with Gasteiger partial charge in [0.2, 0.25) is 0 Å². The largest absolute Gasteiger partial charge is 0.455 e. The zero-order chi connectivity index (χ0) is 21.0. The Hall–Kier alpha value is -3.19. The van der Waals surface area contributed by atoms with Crippen LogP contribution in [0.1, 0.15) is 39.9 Å². The zero-order valence-electron chi connectivity index (χ0n) is 16.5. The minimum Gasteiger partial charge on any atom is -0.455 e. The lowest BCUT2D eigenvalue weighted by molar-refractivity contribution is 0.0925. The second-order valence-electron chi connectivity index (χ2n) is 6.78. The van der Waals surface area contributed by atoms with Crippen LogP contribution in [0.3, 0.4) is 0 Å². The van der Waals surface area contributed by atoms with Crippen LogP contribution in [0.4, 0.5) is 0 Å². The van der Waals surface area contributed by atoms with Crippen LogP contribution in [0.5, 0.6) is 0 Å². The summed E-state index contributed by atoms with van der Waals surface area (Å²) < 4.78 is 30.3. The van der Waals surface area contributed by atoms with Crippen LogP contribution in [0.2, 0.25) is 0 Å². The lowest BCUT2D eigenvalue weighted by Crippen LogP contribution is -2.18. The average Bonchev–Trinajstić information content (AvgIpc) is 3.16. The van der Waals surface area contributed by atoms with Crippen molar-refractivity contribution in [1.82, 2.24) is 5.43 Å². The molecule has 2 aromatic carbocycles. The summed E-state index contributed by atoms with van der Waals surface area (Å²) >= 11 is 0. The predicted molar refractivity (Wildman–Crippen MR) is 112 cm³/mol. The molecule has 0 spiro atoms. The van der Waals surface area contributed by atoms with Gasteiger partial charge in [-0.3, -0.25) is 4.79 Å². The number of carbonyl (C=O) groups excluding carboxylic acids is 1. The molecule has 0 saturated carbocycles. The Balaban J connectivity index is 1.68. The van der Waals surface area contributed by atoms with Crippen molar-refractivity contribution in [2.45, 2.75) is 31.4 Å². The molecular formula is C22H22N2O4S. The third kappa shape index (κ3) is 5.00. The number of hydrazone groups is 1. The molecular weight excluding hydrogens is 388 g/mol. The van der Waals surface area contributed by atoms with Crippen molar-refractivity contribution in [2.75, 3.05) is 0 Å². The van der Waals surface area contributed by atoms with Crippen LogP contribution < -0.4 is 5.43 Å². The molecule has 0 saturated heterocycles. The van der Waals surface area contributed by atoms with Gasteiger partial charge in [0.15, 0.2) is 15.6 Å². The molecule has 7 heteroatoms. The number of amides is 1. The van der Waals surface area contributed by atoms with Gasteiger partial charge in [0.25, 0.3) is 0 Å². The quantitative estimate of drug-likeness (QED) is 0.491. The number of sulfone groups is 1. The molecule has 3 rings (SSSR count). The number of hydrogen-bond donors (Lipinski definition) is 1. The van der Waals surface area contributed by atoms with E-state index in [4.69, 9.17) is 4.42 Å². The standard InChI is InChI=1S/C22H22N2O4S/c1-15-9-10-18(13-16(15)2)17(3)23-24-22(25)21-12-11-19(28-21)14-29(26,27)20-7-5-4-6-8-20/h4-13H,14H2,1-3H3,(H,24,25)/b23-17-. The van der Waals surface area contributed by atoms with Crippen molar-refractivity contribution >= 4 is 21.5 Å². The van der Waals surface area contributed by atoms with Crippen molar-refractivity contribution in [1.29, 1.82) is 0 Å². The monoisotopic (exact) mass is 410 g/mol. The summed E-state index contributed by atoms with van der Waals surface area (Å²) in [5.74, 6) is -0.680. The Labute approximate surface area is 170 Å². The normalized spacial score (nSPS) is 12.0. The Morgan fingerprint density at radius 1 is 1.00 bits per heavy atom. The van der Waals surface area contributed by atoms with Gasteiger partial charge in [0.1, 0.15) is 11.5 Å². The molecule has 29 heavy (non-hydrogen) atoms. The minimum atomic E-state index is -3.55. The molecule has 0 aliphatic carbocycles. The lowest BCUT2D eigenvalue weighted by atomic mass is 10.0. The highest BCUT2D eigenvalue weighted by Crippen LogP contribution is 2.18. The van der Waals surface area contributed by atoms with Gasteiger partial charge >= 0.3 is 5.91 Å². The summed E-state index contributed by atoms with van der Waals surface area (Å²) in [5.41, 5.74) is 6.32. The first-order chi connectivity index (χ1) is 13.8. The van der Waals surface area contributed by atoms with Crippen LogP contribution in [0.25, 0.3) is 0 Å². The average molecular weight is 410 g/mol. The zero-order valence-corrected chi connectivity index (χ0v) is 17.3. The minimum absolute atomic E-state index is 0.0000941. The molecule has 3 aromatic rings. The van der Waals surface area contributed by atoms with E-state index < -0.39 is 15.7 Å². The van der Waals surface area contributed by atoms with E-state index in [1.54, 1.807) is 25.1 Å². The Kier molecular flexibility index (Phi) is 5.98. The Morgan fingerprint density at radius 3 is 2.41 bits per heavy atom. The second-order valence-corrected chi connectivity index (χ2v) is 8.76. The highest BCUT2D eigenvalue weighted by atomic mass is 32.2. The van der Waals surface area contributed by atoms with Gasteiger partial charge in [0, 0.05) is 0 Å². The van der Waals surface area contributed by atoms with Crippen LogP contribution in [-0.2, 0) is 15.6 Å². The maximum atomic E-state index is 12.4. The molecule has 0 bridgehead atoms. The van der Waals surface area contributed by atoms with Crippen molar-refractivity contribution in [3.63, 3.8) is 0 Å². The third-order valence-corrected chi connectivity index (χ3v) is 6.22. The predicted octanol–water partition coefficient (Wildman–Crippen LogP) is 4.02. The molecule has 0 fully saturated rings. The summed E-state index contributed by atoms with van der Waals surface area (Å²) in [6.45, 7) is 5.84.